The van der Waals surface area contributed by atoms with Crippen LogP contribution in [-0.4, -0.2) is 4.98 Å². The maximum Gasteiger partial charge on any atom is 0.0708 e. The van der Waals surface area contributed by atoms with E-state index in [-0.39, 0.29) is 0 Å². The molecule has 0 aliphatic heterocycles. The Balaban J connectivity index is 1.34. The number of fused-ring (bicyclic) bond motifs is 7. The highest BCUT2D eigenvalue weighted by Gasteiger charge is 2.22. The molecule has 0 saturated carbocycles. The zero-order chi connectivity index (χ0) is 31.3. The van der Waals surface area contributed by atoms with Crippen molar-refractivity contribution in [2.45, 2.75) is 0 Å². The van der Waals surface area contributed by atoms with Gasteiger partial charge in [0.2, 0.25) is 0 Å². The molecule has 0 unspecified atom stereocenters. The summed E-state index contributed by atoms with van der Waals surface area (Å²) in [6, 6.07) is 58.1. The lowest BCUT2D eigenvalue weighted by Crippen LogP contribution is -1.95. The Bertz CT molecular complexity index is 3060. The van der Waals surface area contributed by atoms with Gasteiger partial charge in [0, 0.05) is 22.4 Å². The Morgan fingerprint density at radius 2 is 0.896 bits per heavy atom. The van der Waals surface area contributed by atoms with Crippen LogP contribution in [0.4, 0.5) is 0 Å². The van der Waals surface area contributed by atoms with Crippen LogP contribution < -0.4 is 0 Å². The number of hydrogen-bond donors (Lipinski definition) is 0. The second-order valence-corrected chi connectivity index (χ2v) is 13.0. The SMILES string of the molecule is c1ccc2cc(-c3c4ccccc4c(-c4ccc5c6cccc7cccc(c8cccc4c85)c76)c4cnc5ccccc5c34)ccc2c1. The molecular formula is C47H27N. The second-order valence-electron chi connectivity index (χ2n) is 13.0. The fourth-order valence-corrected chi connectivity index (χ4v) is 8.60. The van der Waals surface area contributed by atoms with Crippen molar-refractivity contribution < 1.29 is 0 Å². The lowest BCUT2D eigenvalue weighted by molar-refractivity contribution is 1.45. The molecule has 11 aromatic rings. The van der Waals surface area contributed by atoms with Crippen molar-refractivity contribution >= 4 is 86.3 Å². The Hall–Kier alpha value is -6.31. The first-order valence-corrected chi connectivity index (χ1v) is 16.6. The van der Waals surface area contributed by atoms with E-state index in [0.717, 1.165) is 5.52 Å². The smallest absolute Gasteiger partial charge is 0.0708 e. The second kappa shape index (κ2) is 9.61. The monoisotopic (exact) mass is 605 g/mol. The van der Waals surface area contributed by atoms with Crippen molar-refractivity contribution in [3.8, 4) is 22.3 Å². The molecule has 10 aromatic carbocycles. The molecule has 1 heteroatoms. The number of nitrogens with zero attached hydrogens (tertiary/aromatic N) is 1. The van der Waals surface area contributed by atoms with Crippen LogP contribution in [-0.2, 0) is 0 Å². The summed E-state index contributed by atoms with van der Waals surface area (Å²) in [7, 11) is 0. The molecule has 0 bridgehead atoms. The van der Waals surface area contributed by atoms with Crippen LogP contribution >= 0.6 is 0 Å². The maximum absolute atomic E-state index is 5.09. The van der Waals surface area contributed by atoms with E-state index >= 15 is 0 Å². The van der Waals surface area contributed by atoms with Crippen LogP contribution in [0.25, 0.3) is 109 Å². The van der Waals surface area contributed by atoms with Gasteiger partial charge in [-0.25, -0.2) is 0 Å². The van der Waals surface area contributed by atoms with Gasteiger partial charge in [0.05, 0.1) is 5.52 Å². The average molecular weight is 606 g/mol. The van der Waals surface area contributed by atoms with E-state index < -0.39 is 0 Å². The molecule has 0 spiro atoms. The Morgan fingerprint density at radius 3 is 1.71 bits per heavy atom. The molecular weight excluding hydrogens is 579 g/mol. The summed E-state index contributed by atoms with van der Waals surface area (Å²) in [5.74, 6) is 0. The Kier molecular flexibility index (Phi) is 5.17. The number of pyridine rings is 1. The number of aromatic nitrogens is 1. The van der Waals surface area contributed by atoms with Crippen LogP contribution in [0.2, 0.25) is 0 Å². The lowest BCUT2D eigenvalue weighted by Gasteiger charge is -2.21. The van der Waals surface area contributed by atoms with Gasteiger partial charge in [-0.1, -0.05) is 146 Å². The van der Waals surface area contributed by atoms with Gasteiger partial charge >= 0.3 is 0 Å². The maximum atomic E-state index is 5.09. The third-order valence-corrected chi connectivity index (χ3v) is 10.6. The fraction of sp³-hybridized carbons (Fsp3) is 0. The van der Waals surface area contributed by atoms with Crippen LogP contribution in [0.5, 0.6) is 0 Å². The molecule has 0 radical (unpaired) electrons. The summed E-state index contributed by atoms with van der Waals surface area (Å²) < 4.78 is 0. The van der Waals surface area contributed by atoms with Gasteiger partial charge in [-0.15, -0.1) is 0 Å². The molecule has 0 N–H and O–H groups in total. The van der Waals surface area contributed by atoms with Crippen LogP contribution in [0.1, 0.15) is 0 Å². The predicted molar refractivity (Wildman–Crippen MR) is 206 cm³/mol. The molecule has 1 nitrogen and oxygen atoms in total. The van der Waals surface area contributed by atoms with Gasteiger partial charge in [0.1, 0.15) is 0 Å². The zero-order valence-corrected chi connectivity index (χ0v) is 26.0. The minimum atomic E-state index is 1.01. The molecule has 0 aliphatic rings. The standard InChI is InChI=1S/C47H27N/c1-2-11-30-26-31(23-22-28(30)10-1)44-34-14-3-4-15-35(34)46(41-27-48-42-21-6-5-16-40(42)47(41)44)39-25-24-38-33-18-8-13-29-12-7-17-32(43(29)33)36-19-9-20-37(39)45(36)38/h1-27H. The van der Waals surface area contributed by atoms with Crippen molar-refractivity contribution in [3.05, 3.63) is 164 Å². The summed E-state index contributed by atoms with van der Waals surface area (Å²) in [6.45, 7) is 0. The molecule has 0 aliphatic carbocycles. The lowest BCUT2D eigenvalue weighted by atomic mass is 9.82. The highest BCUT2D eigenvalue weighted by atomic mass is 14.7. The third kappa shape index (κ3) is 3.43. The van der Waals surface area contributed by atoms with Crippen molar-refractivity contribution in [3.63, 3.8) is 0 Å². The van der Waals surface area contributed by atoms with E-state index in [4.69, 9.17) is 4.98 Å². The molecule has 0 amide bonds. The summed E-state index contributed by atoms with van der Waals surface area (Å²) >= 11 is 0. The normalized spacial score (nSPS) is 12.2. The number of hydrogen-bond acceptors (Lipinski definition) is 1. The van der Waals surface area contributed by atoms with Gasteiger partial charge in [-0.05, 0) is 99.0 Å². The number of benzene rings is 10. The average Bonchev–Trinajstić information content (AvgIpc) is 3.15. The zero-order valence-electron chi connectivity index (χ0n) is 26.0. The number of rotatable bonds is 2. The van der Waals surface area contributed by atoms with Crippen molar-refractivity contribution in [1.82, 2.24) is 4.98 Å². The highest BCUT2D eigenvalue weighted by molar-refractivity contribution is 6.36. The Morgan fingerprint density at radius 1 is 0.312 bits per heavy atom. The summed E-state index contributed by atoms with van der Waals surface area (Å²) in [4.78, 5) is 5.09. The van der Waals surface area contributed by atoms with E-state index in [1.807, 2.05) is 0 Å². The molecule has 48 heavy (non-hydrogen) atoms. The van der Waals surface area contributed by atoms with Gasteiger partial charge in [-0.2, -0.15) is 0 Å². The molecule has 0 fully saturated rings. The molecule has 1 aromatic heterocycles. The van der Waals surface area contributed by atoms with E-state index in [0.29, 0.717) is 0 Å². The van der Waals surface area contributed by atoms with Gasteiger partial charge in [0.25, 0.3) is 0 Å². The first kappa shape index (κ1) is 25.8. The van der Waals surface area contributed by atoms with E-state index in [9.17, 15) is 0 Å². The summed E-state index contributed by atoms with van der Waals surface area (Å²) in [5.41, 5.74) is 5.97. The quantitative estimate of drug-likeness (QED) is 0.141. The van der Waals surface area contributed by atoms with Crippen molar-refractivity contribution in [1.29, 1.82) is 0 Å². The highest BCUT2D eigenvalue weighted by Crippen LogP contribution is 2.49. The largest absolute Gasteiger partial charge is 0.256 e. The first-order chi connectivity index (χ1) is 23.8. The fourth-order valence-electron chi connectivity index (χ4n) is 8.60. The van der Waals surface area contributed by atoms with E-state index in [1.54, 1.807) is 0 Å². The first-order valence-electron chi connectivity index (χ1n) is 16.6. The Labute approximate surface area is 276 Å². The van der Waals surface area contributed by atoms with Crippen LogP contribution in [0.3, 0.4) is 0 Å². The third-order valence-electron chi connectivity index (χ3n) is 10.6. The van der Waals surface area contributed by atoms with Crippen LogP contribution in [0.15, 0.2) is 164 Å². The van der Waals surface area contributed by atoms with Gasteiger partial charge < -0.3 is 0 Å². The number of para-hydroxylation sites is 1. The molecule has 0 atom stereocenters. The summed E-state index contributed by atoms with van der Waals surface area (Å²) in [5, 5.41) is 19.1. The predicted octanol–water partition coefficient (Wildman–Crippen LogP) is 13.1. The van der Waals surface area contributed by atoms with Crippen molar-refractivity contribution in [2.24, 2.45) is 0 Å². The minimum absolute atomic E-state index is 1.01. The summed E-state index contributed by atoms with van der Waals surface area (Å²) in [6.07, 6.45) is 2.12. The van der Waals surface area contributed by atoms with Crippen LogP contribution in [0, 0.1) is 0 Å². The van der Waals surface area contributed by atoms with E-state index in [1.165, 1.54) is 103 Å². The van der Waals surface area contributed by atoms with E-state index in [2.05, 4.69) is 164 Å². The molecule has 220 valence electrons. The van der Waals surface area contributed by atoms with Gasteiger partial charge in [0.15, 0.2) is 0 Å². The topological polar surface area (TPSA) is 12.9 Å². The van der Waals surface area contributed by atoms with Crippen molar-refractivity contribution in [2.75, 3.05) is 0 Å². The molecule has 0 saturated heterocycles. The minimum Gasteiger partial charge on any atom is -0.256 e. The molecule has 1 heterocycles. The molecule has 11 rings (SSSR count). The van der Waals surface area contributed by atoms with Gasteiger partial charge in [-0.3, -0.25) is 4.98 Å².